The average molecular weight is 297 g/mol. The maximum absolute atomic E-state index is 6.12. The summed E-state index contributed by atoms with van der Waals surface area (Å²) in [6, 6.07) is 7.55. The maximum atomic E-state index is 6.12. The molecule has 0 spiro atoms. The van der Waals surface area contributed by atoms with Crippen LogP contribution in [-0.4, -0.2) is 19.9 Å². The van der Waals surface area contributed by atoms with Crippen LogP contribution < -0.4 is 0 Å². The number of fused-ring (bicyclic) bond motifs is 1. The van der Waals surface area contributed by atoms with E-state index in [9.17, 15) is 0 Å². The molecule has 7 heteroatoms. The van der Waals surface area contributed by atoms with Gasteiger partial charge >= 0.3 is 0 Å². The lowest BCUT2D eigenvalue weighted by molar-refractivity contribution is 1.08. The molecule has 0 aliphatic heterocycles. The predicted octanol–water partition coefficient (Wildman–Crippen LogP) is 3.81. The lowest BCUT2D eigenvalue weighted by Crippen LogP contribution is -1.89. The highest BCUT2D eigenvalue weighted by Crippen LogP contribution is 2.34. The maximum Gasteiger partial charge on any atom is 0.225 e. The van der Waals surface area contributed by atoms with Crippen LogP contribution >= 0.6 is 35.0 Å². The van der Waals surface area contributed by atoms with E-state index in [-0.39, 0.29) is 5.28 Å². The fraction of sp³-hybridized carbons (Fsp3) is 0. The van der Waals surface area contributed by atoms with E-state index in [0.29, 0.717) is 15.7 Å². The van der Waals surface area contributed by atoms with E-state index < -0.39 is 0 Å². The van der Waals surface area contributed by atoms with Crippen LogP contribution in [0.1, 0.15) is 0 Å². The Balaban J connectivity index is 2.10. The highest BCUT2D eigenvalue weighted by molar-refractivity contribution is 7.99. The topological polar surface area (TPSA) is 54.5 Å². The van der Waals surface area contributed by atoms with Gasteiger partial charge in [0.15, 0.2) is 5.65 Å². The number of rotatable bonds is 2. The number of aromatic amines is 1. The molecule has 0 saturated carbocycles. The van der Waals surface area contributed by atoms with E-state index in [1.165, 1.54) is 11.8 Å². The van der Waals surface area contributed by atoms with Gasteiger partial charge < -0.3 is 4.98 Å². The van der Waals surface area contributed by atoms with Crippen molar-refractivity contribution in [3.05, 3.63) is 40.9 Å². The van der Waals surface area contributed by atoms with Crippen LogP contribution in [0.3, 0.4) is 0 Å². The number of nitrogens with zero attached hydrogens (tertiary/aromatic N) is 3. The van der Waals surface area contributed by atoms with Crippen LogP contribution in [0.15, 0.2) is 40.5 Å². The Hall–Kier alpha value is -1.30. The van der Waals surface area contributed by atoms with Crippen molar-refractivity contribution in [2.24, 2.45) is 0 Å². The van der Waals surface area contributed by atoms with E-state index in [2.05, 4.69) is 19.9 Å². The van der Waals surface area contributed by atoms with Crippen molar-refractivity contribution in [2.45, 2.75) is 9.92 Å². The van der Waals surface area contributed by atoms with Gasteiger partial charge in [0.25, 0.3) is 0 Å². The van der Waals surface area contributed by atoms with Crippen molar-refractivity contribution in [3.63, 3.8) is 0 Å². The van der Waals surface area contributed by atoms with Gasteiger partial charge in [-0.1, -0.05) is 35.5 Å². The molecule has 3 rings (SSSR count). The summed E-state index contributed by atoms with van der Waals surface area (Å²) in [4.78, 5) is 16.2. The molecular formula is C11H6Cl2N4S. The third-order valence-corrected chi connectivity index (χ3v) is 3.94. The lowest BCUT2D eigenvalue weighted by atomic mass is 10.4. The Morgan fingerprint density at radius 1 is 1.11 bits per heavy atom. The van der Waals surface area contributed by atoms with E-state index >= 15 is 0 Å². The molecule has 0 radical (unpaired) electrons. The van der Waals surface area contributed by atoms with Crippen molar-refractivity contribution in [1.82, 2.24) is 19.9 Å². The third kappa shape index (κ3) is 2.16. The van der Waals surface area contributed by atoms with Crippen molar-refractivity contribution < 1.29 is 0 Å². The number of nitrogens with one attached hydrogen (secondary N) is 1. The standard InChI is InChI=1S/C11H6Cl2N4S/c12-6-3-1-2-4-7(6)18-10-8-9(15-5-14-8)16-11(13)17-10/h1-5H,(H,14,15,16,17). The highest BCUT2D eigenvalue weighted by Gasteiger charge is 2.11. The zero-order valence-electron chi connectivity index (χ0n) is 8.89. The second kappa shape index (κ2) is 4.76. The van der Waals surface area contributed by atoms with Gasteiger partial charge in [0, 0.05) is 4.90 Å². The largest absolute Gasteiger partial charge is 0.341 e. The predicted molar refractivity (Wildman–Crippen MR) is 72.3 cm³/mol. The van der Waals surface area contributed by atoms with E-state index in [4.69, 9.17) is 23.2 Å². The minimum Gasteiger partial charge on any atom is -0.341 e. The van der Waals surface area contributed by atoms with Crippen molar-refractivity contribution >= 4 is 46.1 Å². The van der Waals surface area contributed by atoms with Gasteiger partial charge in [0.05, 0.1) is 11.3 Å². The summed E-state index contributed by atoms with van der Waals surface area (Å²) in [5.41, 5.74) is 1.30. The summed E-state index contributed by atoms with van der Waals surface area (Å²) in [5, 5.41) is 1.55. The fourth-order valence-electron chi connectivity index (χ4n) is 1.49. The zero-order chi connectivity index (χ0) is 12.5. The fourth-order valence-corrected chi connectivity index (χ4v) is 2.86. The van der Waals surface area contributed by atoms with Crippen molar-refractivity contribution in [3.8, 4) is 0 Å². The Bertz CT molecular complexity index is 713. The molecule has 0 atom stereocenters. The summed E-state index contributed by atoms with van der Waals surface area (Å²) in [5.74, 6) is 0. The number of H-pyrrole nitrogens is 1. The molecule has 0 fully saturated rings. The monoisotopic (exact) mass is 296 g/mol. The summed E-state index contributed by atoms with van der Waals surface area (Å²) in [6.07, 6.45) is 1.56. The van der Waals surface area contributed by atoms with Gasteiger partial charge in [-0.25, -0.2) is 9.97 Å². The Morgan fingerprint density at radius 3 is 2.78 bits per heavy atom. The molecule has 4 nitrogen and oxygen atoms in total. The first-order chi connectivity index (χ1) is 8.74. The van der Waals surface area contributed by atoms with E-state index in [1.54, 1.807) is 6.33 Å². The normalized spacial score (nSPS) is 11.0. The first-order valence-electron chi connectivity index (χ1n) is 5.03. The Morgan fingerprint density at radius 2 is 1.94 bits per heavy atom. The molecular weight excluding hydrogens is 291 g/mol. The number of aromatic nitrogens is 4. The molecule has 2 aromatic heterocycles. The molecule has 0 unspecified atom stereocenters. The van der Waals surface area contributed by atoms with E-state index in [1.807, 2.05) is 24.3 Å². The second-order valence-electron chi connectivity index (χ2n) is 3.43. The summed E-state index contributed by atoms with van der Waals surface area (Å²) >= 11 is 13.4. The molecule has 1 aromatic carbocycles. The van der Waals surface area contributed by atoms with Gasteiger partial charge in [0.2, 0.25) is 5.28 Å². The van der Waals surface area contributed by atoms with Gasteiger partial charge in [0.1, 0.15) is 10.5 Å². The molecule has 3 aromatic rings. The van der Waals surface area contributed by atoms with Crippen LogP contribution in [0.2, 0.25) is 10.3 Å². The number of imidazole rings is 1. The summed E-state index contributed by atoms with van der Waals surface area (Å²) in [6.45, 7) is 0. The molecule has 0 amide bonds. The lowest BCUT2D eigenvalue weighted by Gasteiger charge is -2.04. The quantitative estimate of drug-likeness (QED) is 0.577. The third-order valence-electron chi connectivity index (χ3n) is 2.27. The molecule has 90 valence electrons. The molecule has 0 aliphatic carbocycles. The van der Waals surface area contributed by atoms with Crippen molar-refractivity contribution in [2.75, 3.05) is 0 Å². The van der Waals surface area contributed by atoms with E-state index in [0.717, 1.165) is 10.4 Å². The number of hydrogen-bond acceptors (Lipinski definition) is 4. The zero-order valence-corrected chi connectivity index (χ0v) is 11.2. The summed E-state index contributed by atoms with van der Waals surface area (Å²) in [7, 11) is 0. The van der Waals surface area contributed by atoms with Crippen molar-refractivity contribution in [1.29, 1.82) is 0 Å². The molecule has 1 N–H and O–H groups in total. The smallest absolute Gasteiger partial charge is 0.225 e. The molecule has 2 heterocycles. The minimum absolute atomic E-state index is 0.171. The Labute approximate surface area is 117 Å². The van der Waals surface area contributed by atoms with Crippen LogP contribution in [0.5, 0.6) is 0 Å². The molecule has 0 saturated heterocycles. The molecule has 0 aliphatic rings. The number of halogens is 2. The van der Waals surface area contributed by atoms with Gasteiger partial charge in [-0.2, -0.15) is 4.98 Å². The van der Waals surface area contributed by atoms with Crippen LogP contribution in [-0.2, 0) is 0 Å². The average Bonchev–Trinajstić information content (AvgIpc) is 2.80. The Kier molecular flexibility index (Phi) is 3.11. The first kappa shape index (κ1) is 11.8. The van der Waals surface area contributed by atoms with Crippen LogP contribution in [0.4, 0.5) is 0 Å². The summed E-state index contributed by atoms with van der Waals surface area (Å²) < 4.78 is 0. The SMILES string of the molecule is Clc1nc(Sc2ccccc2Cl)c2[nH]cnc2n1. The first-order valence-corrected chi connectivity index (χ1v) is 6.60. The molecule has 18 heavy (non-hydrogen) atoms. The second-order valence-corrected chi connectivity index (χ2v) is 5.21. The highest BCUT2D eigenvalue weighted by atomic mass is 35.5. The number of hydrogen-bond donors (Lipinski definition) is 1. The van der Waals surface area contributed by atoms with Gasteiger partial charge in [-0.3, -0.25) is 0 Å². The molecule has 0 bridgehead atoms. The van der Waals surface area contributed by atoms with Gasteiger partial charge in [-0.05, 0) is 23.7 Å². The van der Waals surface area contributed by atoms with Crippen LogP contribution in [0.25, 0.3) is 11.2 Å². The number of benzene rings is 1. The minimum atomic E-state index is 0.171. The van der Waals surface area contributed by atoms with Gasteiger partial charge in [-0.15, -0.1) is 0 Å². The van der Waals surface area contributed by atoms with Crippen LogP contribution in [0, 0.1) is 0 Å².